The van der Waals surface area contributed by atoms with Crippen molar-refractivity contribution < 1.29 is 9.84 Å². The van der Waals surface area contributed by atoms with Gasteiger partial charge in [-0.1, -0.05) is 28.9 Å². The van der Waals surface area contributed by atoms with E-state index in [2.05, 4.69) is 10.3 Å². The molecule has 5 nitrogen and oxygen atoms in total. The van der Waals surface area contributed by atoms with Gasteiger partial charge in [0, 0.05) is 0 Å². The summed E-state index contributed by atoms with van der Waals surface area (Å²) in [5.41, 5.74) is 2.21. The Morgan fingerprint density at radius 1 is 1.20 bits per heavy atom. The molecule has 0 spiro atoms. The minimum atomic E-state index is -0.0369. The summed E-state index contributed by atoms with van der Waals surface area (Å²) >= 11 is 5.85. The average Bonchev–Trinajstić information content (AvgIpc) is 2.87. The molecule has 1 N–H and O–H groups in total. The second-order valence-corrected chi connectivity index (χ2v) is 4.77. The summed E-state index contributed by atoms with van der Waals surface area (Å²) in [7, 11) is 1.63. The highest BCUT2D eigenvalue weighted by Gasteiger charge is 2.11. The van der Waals surface area contributed by atoms with Gasteiger partial charge in [0.25, 0.3) is 0 Å². The van der Waals surface area contributed by atoms with Gasteiger partial charge >= 0.3 is 0 Å². The zero-order chi connectivity index (χ0) is 14.1. The van der Waals surface area contributed by atoms with Crippen molar-refractivity contribution in [3.63, 3.8) is 0 Å². The fourth-order valence-electron chi connectivity index (χ4n) is 2.02. The Hall–Kier alpha value is -2.27. The highest BCUT2D eigenvalue weighted by atomic mass is 35.5. The maximum atomic E-state index is 9.84. The lowest BCUT2D eigenvalue weighted by Crippen LogP contribution is -2.01. The van der Waals surface area contributed by atoms with Crippen molar-refractivity contribution >= 4 is 22.6 Å². The van der Waals surface area contributed by atoms with Gasteiger partial charge in [-0.25, -0.2) is 4.68 Å². The number of phenols is 1. The lowest BCUT2D eigenvalue weighted by molar-refractivity contribution is 0.414. The Morgan fingerprint density at radius 3 is 2.65 bits per heavy atom. The summed E-state index contributed by atoms with van der Waals surface area (Å²) in [6.07, 6.45) is 0. The third-order valence-electron chi connectivity index (χ3n) is 3.10. The van der Waals surface area contributed by atoms with Crippen LogP contribution in [0, 0.1) is 0 Å². The number of phenolic OH excluding ortho intramolecular Hbond substituents is 1. The van der Waals surface area contributed by atoms with Crippen molar-refractivity contribution in [1.29, 1.82) is 0 Å². The van der Waals surface area contributed by atoms with Gasteiger partial charge in [-0.15, -0.1) is 5.10 Å². The predicted octanol–water partition coefficient (Wildman–Crippen LogP) is 2.85. The van der Waals surface area contributed by atoms with E-state index in [0.717, 1.165) is 16.8 Å². The maximum absolute atomic E-state index is 9.84. The van der Waals surface area contributed by atoms with Crippen molar-refractivity contribution in [2.24, 2.45) is 0 Å². The van der Waals surface area contributed by atoms with E-state index in [9.17, 15) is 5.11 Å². The summed E-state index contributed by atoms with van der Waals surface area (Å²) < 4.78 is 6.84. The van der Waals surface area contributed by atoms with Crippen molar-refractivity contribution in [1.82, 2.24) is 15.0 Å². The number of methoxy groups -OCH3 is 1. The molecule has 0 bridgehead atoms. The molecule has 0 aliphatic rings. The molecular formula is C14H12ClN3O2. The number of aromatic nitrogens is 3. The molecule has 1 aromatic heterocycles. The molecule has 0 unspecified atom stereocenters. The third kappa shape index (κ3) is 2.16. The van der Waals surface area contributed by atoms with E-state index < -0.39 is 0 Å². The number of halogens is 1. The fourth-order valence-corrected chi connectivity index (χ4v) is 2.17. The molecule has 0 saturated carbocycles. The van der Waals surface area contributed by atoms with Crippen molar-refractivity contribution in [3.8, 4) is 11.5 Å². The number of fused-ring (bicyclic) bond motifs is 1. The first-order valence-corrected chi connectivity index (χ1v) is 6.40. The van der Waals surface area contributed by atoms with Crippen LogP contribution in [0.2, 0.25) is 5.02 Å². The first-order valence-electron chi connectivity index (χ1n) is 6.02. The molecule has 1 heterocycles. The monoisotopic (exact) mass is 289 g/mol. The number of nitrogens with zero attached hydrogens (tertiary/aromatic N) is 3. The quantitative estimate of drug-likeness (QED) is 0.805. The molecule has 3 aromatic rings. The normalized spacial score (nSPS) is 10.9. The Balaban J connectivity index is 1.96. The van der Waals surface area contributed by atoms with Gasteiger partial charge in [0.2, 0.25) is 0 Å². The number of ether oxygens (including phenoxy) is 1. The summed E-state index contributed by atoms with van der Waals surface area (Å²) in [6, 6.07) is 11.1. The van der Waals surface area contributed by atoms with Crippen LogP contribution < -0.4 is 4.74 Å². The Bertz CT molecular complexity index is 753. The SMILES string of the molecule is COc1ccc(Cn2nnc3c(O)c(Cl)ccc32)cc1. The van der Waals surface area contributed by atoms with Gasteiger partial charge in [-0.05, 0) is 29.8 Å². The maximum Gasteiger partial charge on any atom is 0.164 e. The molecule has 0 radical (unpaired) electrons. The molecule has 102 valence electrons. The molecule has 0 aliphatic carbocycles. The van der Waals surface area contributed by atoms with E-state index in [1.807, 2.05) is 24.3 Å². The minimum absolute atomic E-state index is 0.0369. The van der Waals surface area contributed by atoms with Crippen LogP contribution in [0.1, 0.15) is 5.56 Å². The molecule has 0 saturated heterocycles. The van der Waals surface area contributed by atoms with E-state index in [-0.39, 0.29) is 10.8 Å². The van der Waals surface area contributed by atoms with Crippen molar-refractivity contribution in [3.05, 3.63) is 47.0 Å². The molecular weight excluding hydrogens is 278 g/mol. The summed E-state index contributed by atoms with van der Waals surface area (Å²) in [5, 5.41) is 18.1. The highest BCUT2D eigenvalue weighted by Crippen LogP contribution is 2.30. The van der Waals surface area contributed by atoms with Crippen LogP contribution in [0.5, 0.6) is 11.5 Å². The average molecular weight is 290 g/mol. The highest BCUT2D eigenvalue weighted by molar-refractivity contribution is 6.33. The number of aromatic hydroxyl groups is 1. The first-order chi connectivity index (χ1) is 9.69. The van der Waals surface area contributed by atoms with E-state index >= 15 is 0 Å². The molecule has 20 heavy (non-hydrogen) atoms. The summed E-state index contributed by atoms with van der Waals surface area (Å²) in [4.78, 5) is 0. The molecule has 3 rings (SSSR count). The van der Waals surface area contributed by atoms with Gasteiger partial charge in [0.05, 0.1) is 24.2 Å². The van der Waals surface area contributed by atoms with Crippen LogP contribution >= 0.6 is 11.6 Å². The largest absolute Gasteiger partial charge is 0.504 e. The van der Waals surface area contributed by atoms with E-state index in [0.29, 0.717) is 12.1 Å². The van der Waals surface area contributed by atoms with Crippen LogP contribution in [-0.2, 0) is 6.54 Å². The Labute approximate surface area is 120 Å². The number of hydrogen-bond acceptors (Lipinski definition) is 4. The smallest absolute Gasteiger partial charge is 0.164 e. The first kappa shape index (κ1) is 12.7. The molecule has 0 aliphatic heterocycles. The second kappa shape index (κ2) is 5.02. The Morgan fingerprint density at radius 2 is 1.95 bits per heavy atom. The zero-order valence-electron chi connectivity index (χ0n) is 10.7. The zero-order valence-corrected chi connectivity index (χ0v) is 11.5. The summed E-state index contributed by atoms with van der Waals surface area (Å²) in [5.74, 6) is 0.770. The number of hydrogen-bond donors (Lipinski definition) is 1. The Kier molecular flexibility index (Phi) is 3.20. The van der Waals surface area contributed by atoms with Gasteiger partial charge in [0.1, 0.15) is 5.75 Å². The molecule has 0 fully saturated rings. The van der Waals surface area contributed by atoms with Crippen LogP contribution in [0.3, 0.4) is 0 Å². The molecule has 0 atom stereocenters. The molecule has 6 heteroatoms. The van der Waals surface area contributed by atoms with Crippen LogP contribution in [0.15, 0.2) is 36.4 Å². The van der Waals surface area contributed by atoms with E-state index in [1.54, 1.807) is 23.9 Å². The minimum Gasteiger partial charge on any atom is -0.504 e. The molecule has 2 aromatic carbocycles. The van der Waals surface area contributed by atoms with Gasteiger partial charge in [0.15, 0.2) is 11.3 Å². The van der Waals surface area contributed by atoms with E-state index in [4.69, 9.17) is 16.3 Å². The van der Waals surface area contributed by atoms with Crippen LogP contribution in [0.4, 0.5) is 0 Å². The number of rotatable bonds is 3. The van der Waals surface area contributed by atoms with Gasteiger partial charge in [-0.3, -0.25) is 0 Å². The number of benzene rings is 2. The lowest BCUT2D eigenvalue weighted by atomic mass is 10.2. The summed E-state index contributed by atoms with van der Waals surface area (Å²) in [6.45, 7) is 0.557. The molecule has 0 amide bonds. The fraction of sp³-hybridized carbons (Fsp3) is 0.143. The van der Waals surface area contributed by atoms with Gasteiger partial charge in [-0.2, -0.15) is 0 Å². The van der Waals surface area contributed by atoms with Crippen LogP contribution in [-0.4, -0.2) is 27.2 Å². The van der Waals surface area contributed by atoms with Crippen LogP contribution in [0.25, 0.3) is 11.0 Å². The second-order valence-electron chi connectivity index (χ2n) is 4.36. The standard InChI is InChI=1S/C14H12ClN3O2/c1-20-10-4-2-9(3-5-10)8-18-12-7-6-11(15)14(19)13(12)16-17-18/h2-7,19H,8H2,1H3. The topological polar surface area (TPSA) is 60.2 Å². The third-order valence-corrected chi connectivity index (χ3v) is 3.41. The van der Waals surface area contributed by atoms with Gasteiger partial charge < -0.3 is 9.84 Å². The van der Waals surface area contributed by atoms with Crippen molar-refractivity contribution in [2.75, 3.05) is 7.11 Å². The predicted molar refractivity (Wildman–Crippen MR) is 76.3 cm³/mol. The van der Waals surface area contributed by atoms with Crippen molar-refractivity contribution in [2.45, 2.75) is 6.54 Å². The van der Waals surface area contributed by atoms with E-state index in [1.165, 1.54) is 0 Å². The lowest BCUT2D eigenvalue weighted by Gasteiger charge is -2.05.